The van der Waals surface area contributed by atoms with E-state index >= 15 is 0 Å². The van der Waals surface area contributed by atoms with E-state index in [4.69, 9.17) is 21.6 Å². The molecule has 0 unspecified atom stereocenters. The maximum Gasteiger partial charge on any atom is 0.407 e. The van der Waals surface area contributed by atoms with Crippen LogP contribution in [0.1, 0.15) is 39.3 Å². The number of aromatic nitrogens is 2. The van der Waals surface area contributed by atoms with Crippen LogP contribution in [0, 0.1) is 11.3 Å². The van der Waals surface area contributed by atoms with Crippen molar-refractivity contribution >= 4 is 23.6 Å². The standard InChI is InChI=1S/C16H22ClN5O3/c1-16(2,3)25-15(24)19-10-5-7-22(8-6-10)14-20-11(9-18)12(17)13(23)21(14)4/h10H,5-8H2,1-4H3,(H,19,24). The Bertz CT molecular complexity index is 755. The Kier molecular flexibility index (Phi) is 5.58. The quantitative estimate of drug-likeness (QED) is 0.855. The molecule has 2 heterocycles. The van der Waals surface area contributed by atoms with Crippen LogP contribution < -0.4 is 15.8 Å². The van der Waals surface area contributed by atoms with Gasteiger partial charge in [0.1, 0.15) is 16.7 Å². The molecular formula is C16H22ClN5O3. The first-order valence-corrected chi connectivity index (χ1v) is 8.41. The van der Waals surface area contributed by atoms with E-state index in [-0.39, 0.29) is 16.8 Å². The Hall–Kier alpha value is -2.27. The van der Waals surface area contributed by atoms with Crippen LogP contribution >= 0.6 is 11.6 Å². The molecule has 0 atom stereocenters. The summed E-state index contributed by atoms with van der Waals surface area (Å²) in [5, 5.41) is 11.7. The highest BCUT2D eigenvalue weighted by Gasteiger charge is 2.26. The second kappa shape index (κ2) is 7.31. The van der Waals surface area contributed by atoms with Crippen molar-refractivity contribution in [3.05, 3.63) is 21.1 Å². The van der Waals surface area contributed by atoms with E-state index in [2.05, 4.69) is 10.3 Å². The SMILES string of the molecule is Cn1c(N2CCC(NC(=O)OC(C)(C)C)CC2)nc(C#N)c(Cl)c1=O. The van der Waals surface area contributed by atoms with E-state index < -0.39 is 17.3 Å². The van der Waals surface area contributed by atoms with Crippen molar-refractivity contribution in [1.82, 2.24) is 14.9 Å². The zero-order valence-corrected chi connectivity index (χ0v) is 15.6. The van der Waals surface area contributed by atoms with Crippen LogP contribution in [0.4, 0.5) is 10.7 Å². The topological polar surface area (TPSA) is 100 Å². The minimum Gasteiger partial charge on any atom is -0.444 e. The number of hydrogen-bond acceptors (Lipinski definition) is 6. The number of amides is 1. The molecule has 0 bridgehead atoms. The smallest absolute Gasteiger partial charge is 0.407 e. The first-order valence-electron chi connectivity index (χ1n) is 8.03. The summed E-state index contributed by atoms with van der Waals surface area (Å²) in [6, 6.07) is 1.83. The number of piperidine rings is 1. The Balaban J connectivity index is 2.04. The Labute approximate surface area is 151 Å². The van der Waals surface area contributed by atoms with Crippen molar-refractivity contribution < 1.29 is 9.53 Å². The molecule has 0 spiro atoms. The van der Waals surface area contributed by atoms with Crippen LogP contribution in [0.25, 0.3) is 0 Å². The number of carbonyl (C=O) groups excluding carboxylic acids is 1. The molecule has 9 heteroatoms. The second-order valence-corrected chi connectivity index (χ2v) is 7.34. The zero-order chi connectivity index (χ0) is 18.8. The normalized spacial score (nSPS) is 15.6. The summed E-state index contributed by atoms with van der Waals surface area (Å²) in [6.07, 6.45) is 0.925. The first-order chi connectivity index (χ1) is 11.6. The lowest BCUT2D eigenvalue weighted by molar-refractivity contribution is 0.0497. The average molecular weight is 368 g/mol. The van der Waals surface area contributed by atoms with Gasteiger partial charge in [-0.15, -0.1) is 0 Å². The minimum absolute atomic E-state index is 0.00846. The molecule has 1 aliphatic heterocycles. The predicted octanol–water partition coefficient (Wildman–Crippen LogP) is 1.80. The number of alkyl carbamates (subject to hydrolysis) is 1. The fourth-order valence-corrected chi connectivity index (χ4v) is 2.83. The maximum absolute atomic E-state index is 12.1. The van der Waals surface area contributed by atoms with Gasteiger partial charge in [0.15, 0.2) is 5.69 Å². The number of nitrogens with one attached hydrogen (secondary N) is 1. The minimum atomic E-state index is -0.538. The molecule has 1 amide bonds. The molecule has 136 valence electrons. The lowest BCUT2D eigenvalue weighted by Crippen LogP contribution is -2.47. The van der Waals surface area contributed by atoms with E-state index in [9.17, 15) is 9.59 Å². The van der Waals surface area contributed by atoms with Gasteiger partial charge in [0, 0.05) is 26.2 Å². The van der Waals surface area contributed by atoms with Crippen molar-refractivity contribution in [3.63, 3.8) is 0 Å². The van der Waals surface area contributed by atoms with Crippen molar-refractivity contribution in [2.24, 2.45) is 7.05 Å². The van der Waals surface area contributed by atoms with Gasteiger partial charge >= 0.3 is 6.09 Å². The van der Waals surface area contributed by atoms with Crippen LogP contribution in [0.2, 0.25) is 5.02 Å². The number of carbonyl (C=O) groups is 1. The van der Waals surface area contributed by atoms with Gasteiger partial charge in [0.25, 0.3) is 5.56 Å². The summed E-state index contributed by atoms with van der Waals surface area (Å²) in [4.78, 5) is 30.0. The van der Waals surface area contributed by atoms with Gasteiger partial charge in [-0.3, -0.25) is 9.36 Å². The molecule has 1 aliphatic rings. The fraction of sp³-hybridized carbons (Fsp3) is 0.625. The molecule has 2 rings (SSSR count). The van der Waals surface area contributed by atoms with Crippen LogP contribution in [0.5, 0.6) is 0 Å². The number of ether oxygens (including phenoxy) is 1. The zero-order valence-electron chi connectivity index (χ0n) is 14.8. The highest BCUT2D eigenvalue weighted by atomic mass is 35.5. The second-order valence-electron chi connectivity index (χ2n) is 6.96. The molecule has 0 aliphatic carbocycles. The van der Waals surface area contributed by atoms with Crippen molar-refractivity contribution in [1.29, 1.82) is 5.26 Å². The van der Waals surface area contributed by atoms with Gasteiger partial charge in [-0.25, -0.2) is 9.78 Å². The van der Waals surface area contributed by atoms with E-state index in [0.29, 0.717) is 31.9 Å². The van der Waals surface area contributed by atoms with Crippen molar-refractivity contribution in [2.75, 3.05) is 18.0 Å². The molecule has 1 aromatic rings. The Morgan fingerprint density at radius 1 is 1.40 bits per heavy atom. The number of nitrogens with zero attached hydrogens (tertiary/aromatic N) is 4. The molecular weight excluding hydrogens is 346 g/mol. The average Bonchev–Trinajstić information content (AvgIpc) is 2.52. The van der Waals surface area contributed by atoms with Gasteiger partial charge in [0.2, 0.25) is 5.95 Å². The van der Waals surface area contributed by atoms with Gasteiger partial charge < -0.3 is 15.0 Å². The van der Waals surface area contributed by atoms with Crippen LogP contribution in [-0.4, -0.2) is 40.4 Å². The third-order valence-corrected chi connectivity index (χ3v) is 4.16. The molecule has 8 nitrogen and oxygen atoms in total. The van der Waals surface area contributed by atoms with Gasteiger partial charge in [0.05, 0.1) is 0 Å². The van der Waals surface area contributed by atoms with Crippen molar-refractivity contribution in [3.8, 4) is 6.07 Å². The van der Waals surface area contributed by atoms with Crippen LogP contribution in [0.15, 0.2) is 4.79 Å². The summed E-state index contributed by atoms with van der Waals surface area (Å²) in [5.41, 5.74) is -1.06. The molecule has 1 saturated heterocycles. The monoisotopic (exact) mass is 367 g/mol. The molecule has 1 fully saturated rings. The van der Waals surface area contributed by atoms with Crippen LogP contribution in [-0.2, 0) is 11.8 Å². The summed E-state index contributed by atoms with van der Waals surface area (Å²) in [6.45, 7) is 6.62. The maximum atomic E-state index is 12.1. The number of hydrogen-bond donors (Lipinski definition) is 1. The lowest BCUT2D eigenvalue weighted by atomic mass is 10.1. The number of rotatable bonds is 2. The molecule has 0 radical (unpaired) electrons. The number of halogens is 1. The number of anilines is 1. The Morgan fingerprint density at radius 3 is 2.52 bits per heavy atom. The van der Waals surface area contributed by atoms with E-state index in [1.165, 1.54) is 4.57 Å². The molecule has 25 heavy (non-hydrogen) atoms. The van der Waals surface area contributed by atoms with Gasteiger partial charge in [-0.05, 0) is 33.6 Å². The number of nitriles is 1. The summed E-state index contributed by atoms with van der Waals surface area (Å²) in [5.74, 6) is 0.404. The van der Waals surface area contributed by atoms with Crippen LogP contribution in [0.3, 0.4) is 0 Å². The van der Waals surface area contributed by atoms with Crippen molar-refractivity contribution in [2.45, 2.75) is 45.3 Å². The van der Waals surface area contributed by atoms with E-state index in [1.54, 1.807) is 7.05 Å². The van der Waals surface area contributed by atoms with E-state index in [0.717, 1.165) is 0 Å². The molecule has 1 aromatic heterocycles. The van der Waals surface area contributed by atoms with Gasteiger partial charge in [-0.2, -0.15) is 5.26 Å². The fourth-order valence-electron chi connectivity index (χ4n) is 2.62. The highest BCUT2D eigenvalue weighted by Crippen LogP contribution is 2.19. The first kappa shape index (κ1) is 19.1. The molecule has 1 N–H and O–H groups in total. The summed E-state index contributed by atoms with van der Waals surface area (Å²) < 4.78 is 6.60. The molecule has 0 aromatic carbocycles. The highest BCUT2D eigenvalue weighted by molar-refractivity contribution is 6.31. The van der Waals surface area contributed by atoms with Gasteiger partial charge in [-0.1, -0.05) is 11.6 Å². The third kappa shape index (κ3) is 4.63. The Morgan fingerprint density at radius 2 is 2.00 bits per heavy atom. The summed E-state index contributed by atoms with van der Waals surface area (Å²) >= 11 is 5.84. The largest absolute Gasteiger partial charge is 0.444 e. The predicted molar refractivity (Wildman–Crippen MR) is 93.8 cm³/mol. The third-order valence-electron chi connectivity index (χ3n) is 3.82. The summed E-state index contributed by atoms with van der Waals surface area (Å²) in [7, 11) is 1.57. The lowest BCUT2D eigenvalue weighted by Gasteiger charge is -2.34. The van der Waals surface area contributed by atoms with E-state index in [1.807, 2.05) is 31.7 Å². The molecule has 0 saturated carbocycles.